The Bertz CT molecular complexity index is 808. The molecule has 0 aliphatic carbocycles. The highest BCUT2D eigenvalue weighted by atomic mass is 19.1. The lowest BCUT2D eigenvalue weighted by molar-refractivity contribution is 0.622. The fourth-order valence-electron chi connectivity index (χ4n) is 2.37. The van der Waals surface area contributed by atoms with Crippen LogP contribution < -0.4 is 5.73 Å². The maximum Gasteiger partial charge on any atom is 0.142 e. The Morgan fingerprint density at radius 1 is 1.14 bits per heavy atom. The lowest BCUT2D eigenvalue weighted by Crippen LogP contribution is -1.98. The first-order valence-corrected chi connectivity index (χ1v) is 6.56. The minimum Gasteiger partial charge on any atom is -0.383 e. The van der Waals surface area contributed by atoms with Gasteiger partial charge in [0.1, 0.15) is 17.3 Å². The van der Waals surface area contributed by atoms with E-state index in [1.165, 1.54) is 12.3 Å². The molecule has 0 fully saturated rings. The van der Waals surface area contributed by atoms with Crippen molar-refractivity contribution < 1.29 is 4.39 Å². The monoisotopic (exact) mass is 282 g/mol. The SMILES string of the molecule is Cc1cccc(-c2c(-c3cncc(F)c3)nn(C)c2N)c1. The zero-order chi connectivity index (χ0) is 15.0. The summed E-state index contributed by atoms with van der Waals surface area (Å²) >= 11 is 0. The fourth-order valence-corrected chi connectivity index (χ4v) is 2.37. The van der Waals surface area contributed by atoms with Gasteiger partial charge < -0.3 is 5.73 Å². The molecule has 3 rings (SSSR count). The van der Waals surface area contributed by atoms with Crippen molar-refractivity contribution in [1.29, 1.82) is 0 Å². The molecular formula is C16H15FN4. The summed E-state index contributed by atoms with van der Waals surface area (Å²) < 4.78 is 15.0. The summed E-state index contributed by atoms with van der Waals surface area (Å²) in [6.07, 6.45) is 2.76. The average Bonchev–Trinajstić information content (AvgIpc) is 2.75. The number of nitrogens with zero attached hydrogens (tertiary/aromatic N) is 3. The molecule has 0 aliphatic heterocycles. The quantitative estimate of drug-likeness (QED) is 0.785. The molecule has 2 N–H and O–H groups in total. The summed E-state index contributed by atoms with van der Waals surface area (Å²) in [4.78, 5) is 3.89. The molecule has 2 aromatic heterocycles. The Labute approximate surface area is 122 Å². The van der Waals surface area contributed by atoms with Crippen molar-refractivity contribution in [2.45, 2.75) is 6.92 Å². The number of rotatable bonds is 2. The van der Waals surface area contributed by atoms with Crippen molar-refractivity contribution in [2.24, 2.45) is 7.05 Å². The van der Waals surface area contributed by atoms with Crippen molar-refractivity contribution in [3.8, 4) is 22.4 Å². The third kappa shape index (κ3) is 2.38. The summed E-state index contributed by atoms with van der Waals surface area (Å²) in [5.41, 5.74) is 10.3. The van der Waals surface area contributed by atoms with E-state index in [0.29, 0.717) is 17.1 Å². The van der Waals surface area contributed by atoms with Gasteiger partial charge in [0.25, 0.3) is 0 Å². The summed E-state index contributed by atoms with van der Waals surface area (Å²) in [5, 5.41) is 4.41. The van der Waals surface area contributed by atoms with Crippen molar-refractivity contribution in [3.05, 3.63) is 54.1 Å². The van der Waals surface area contributed by atoms with Gasteiger partial charge in [-0.15, -0.1) is 0 Å². The first-order valence-electron chi connectivity index (χ1n) is 6.56. The Hall–Kier alpha value is -2.69. The van der Waals surface area contributed by atoms with E-state index in [-0.39, 0.29) is 0 Å². The molecule has 0 saturated carbocycles. The van der Waals surface area contributed by atoms with E-state index < -0.39 is 5.82 Å². The number of aromatic nitrogens is 3. The van der Waals surface area contributed by atoms with Gasteiger partial charge in [-0.05, 0) is 18.6 Å². The third-order valence-corrected chi connectivity index (χ3v) is 3.38. The maximum absolute atomic E-state index is 13.4. The molecule has 3 aromatic rings. The van der Waals surface area contributed by atoms with Crippen LogP contribution >= 0.6 is 0 Å². The Morgan fingerprint density at radius 2 is 1.95 bits per heavy atom. The number of nitrogens with two attached hydrogens (primary N) is 1. The zero-order valence-corrected chi connectivity index (χ0v) is 11.8. The predicted molar refractivity (Wildman–Crippen MR) is 81.0 cm³/mol. The van der Waals surface area contributed by atoms with Crippen LogP contribution in [0.3, 0.4) is 0 Å². The van der Waals surface area contributed by atoms with Crippen molar-refractivity contribution in [1.82, 2.24) is 14.8 Å². The molecule has 1 aromatic carbocycles. The standard InChI is InChI=1S/C16H15FN4/c1-10-4-3-5-11(6-10)14-15(20-21(2)16(14)18)12-7-13(17)9-19-8-12/h3-9H,18H2,1-2H3. The number of aryl methyl sites for hydroxylation is 2. The molecule has 21 heavy (non-hydrogen) atoms. The predicted octanol–water partition coefficient (Wildman–Crippen LogP) is 3.18. The highest BCUT2D eigenvalue weighted by Crippen LogP contribution is 2.35. The molecule has 4 nitrogen and oxygen atoms in total. The molecular weight excluding hydrogens is 267 g/mol. The van der Waals surface area contributed by atoms with Crippen LogP contribution in [0.5, 0.6) is 0 Å². The molecule has 0 amide bonds. The molecule has 0 unspecified atom stereocenters. The van der Waals surface area contributed by atoms with Gasteiger partial charge in [-0.25, -0.2) is 4.39 Å². The lowest BCUT2D eigenvalue weighted by Gasteiger charge is -2.05. The Morgan fingerprint density at radius 3 is 2.67 bits per heavy atom. The summed E-state index contributed by atoms with van der Waals surface area (Å²) in [6, 6.07) is 9.39. The molecule has 0 aliphatic rings. The van der Waals surface area contributed by atoms with Crippen molar-refractivity contribution in [2.75, 3.05) is 5.73 Å². The van der Waals surface area contributed by atoms with Gasteiger partial charge in [0.15, 0.2) is 0 Å². The van der Waals surface area contributed by atoms with Crippen LogP contribution in [-0.4, -0.2) is 14.8 Å². The van der Waals surface area contributed by atoms with Crippen LogP contribution in [0, 0.1) is 12.7 Å². The van der Waals surface area contributed by atoms with Crippen molar-refractivity contribution >= 4 is 5.82 Å². The highest BCUT2D eigenvalue weighted by Gasteiger charge is 2.18. The van der Waals surface area contributed by atoms with E-state index in [1.807, 2.05) is 31.2 Å². The number of pyridine rings is 1. The van der Waals surface area contributed by atoms with Crippen LogP contribution in [0.4, 0.5) is 10.2 Å². The van der Waals surface area contributed by atoms with E-state index >= 15 is 0 Å². The smallest absolute Gasteiger partial charge is 0.142 e. The van der Waals surface area contributed by atoms with E-state index in [2.05, 4.69) is 10.1 Å². The van der Waals surface area contributed by atoms with Gasteiger partial charge in [-0.3, -0.25) is 9.67 Å². The van der Waals surface area contributed by atoms with Crippen molar-refractivity contribution in [3.63, 3.8) is 0 Å². The molecule has 0 spiro atoms. The van der Waals surface area contributed by atoms with Gasteiger partial charge in [-0.1, -0.05) is 29.8 Å². The second-order valence-electron chi connectivity index (χ2n) is 4.99. The normalized spacial score (nSPS) is 10.8. The van der Waals surface area contributed by atoms with E-state index in [9.17, 15) is 4.39 Å². The topological polar surface area (TPSA) is 56.7 Å². The van der Waals surface area contributed by atoms with Gasteiger partial charge in [0.2, 0.25) is 0 Å². The van der Waals surface area contributed by atoms with Crippen LogP contribution in [0.15, 0.2) is 42.7 Å². The van der Waals surface area contributed by atoms with Gasteiger partial charge in [0.05, 0.1) is 11.8 Å². The van der Waals surface area contributed by atoms with Crippen LogP contribution in [0.2, 0.25) is 0 Å². The van der Waals surface area contributed by atoms with Crippen LogP contribution in [0.1, 0.15) is 5.56 Å². The van der Waals surface area contributed by atoms with Gasteiger partial charge in [-0.2, -0.15) is 5.10 Å². The van der Waals surface area contributed by atoms with Gasteiger partial charge >= 0.3 is 0 Å². The second-order valence-corrected chi connectivity index (χ2v) is 4.99. The molecule has 0 atom stereocenters. The van der Waals surface area contributed by atoms with Gasteiger partial charge in [0, 0.05) is 18.8 Å². The number of nitrogen functional groups attached to an aromatic ring is 1. The number of anilines is 1. The molecule has 2 heterocycles. The Kier molecular flexibility index (Phi) is 3.17. The minimum absolute atomic E-state index is 0.396. The molecule has 0 saturated heterocycles. The van der Waals surface area contributed by atoms with E-state index in [0.717, 1.165) is 16.7 Å². The lowest BCUT2D eigenvalue weighted by atomic mass is 10.0. The average molecular weight is 282 g/mol. The van der Waals surface area contributed by atoms with E-state index in [1.54, 1.807) is 17.9 Å². The minimum atomic E-state index is -0.396. The molecule has 0 radical (unpaired) electrons. The van der Waals surface area contributed by atoms with Crippen LogP contribution in [0.25, 0.3) is 22.4 Å². The Balaban J connectivity index is 2.25. The summed E-state index contributed by atoms with van der Waals surface area (Å²) in [6.45, 7) is 2.01. The third-order valence-electron chi connectivity index (χ3n) is 3.38. The highest BCUT2D eigenvalue weighted by molar-refractivity contribution is 5.88. The number of halogens is 1. The first-order chi connectivity index (χ1) is 10.1. The molecule has 106 valence electrons. The summed E-state index contributed by atoms with van der Waals surface area (Å²) in [5.74, 6) is 0.145. The fraction of sp³-hybridized carbons (Fsp3) is 0.125. The molecule has 0 bridgehead atoms. The number of hydrogen-bond acceptors (Lipinski definition) is 3. The second kappa shape index (κ2) is 5.01. The maximum atomic E-state index is 13.4. The van der Waals surface area contributed by atoms with Crippen LogP contribution in [-0.2, 0) is 7.05 Å². The number of hydrogen-bond donors (Lipinski definition) is 1. The summed E-state index contributed by atoms with van der Waals surface area (Å²) in [7, 11) is 1.77. The largest absolute Gasteiger partial charge is 0.383 e. The zero-order valence-electron chi connectivity index (χ0n) is 11.8. The van der Waals surface area contributed by atoms with E-state index in [4.69, 9.17) is 5.73 Å². The molecule has 5 heteroatoms. The first kappa shape index (κ1) is 13.3. The number of benzene rings is 1.